The zero-order chi connectivity index (χ0) is 23.5. The number of sulfonamides is 1. The van der Waals surface area contributed by atoms with E-state index >= 15 is 0 Å². The molecule has 32 heavy (non-hydrogen) atoms. The first-order valence-electron chi connectivity index (χ1n) is 9.63. The molecule has 5 nitrogen and oxygen atoms in total. The number of hydrogen-bond donors (Lipinski definition) is 1. The molecule has 0 spiro atoms. The normalized spacial score (nSPS) is 11.6. The number of benzene rings is 3. The predicted molar refractivity (Wildman–Crippen MR) is 130 cm³/mol. The summed E-state index contributed by atoms with van der Waals surface area (Å²) in [7, 11) is -4.01. The van der Waals surface area contributed by atoms with Gasteiger partial charge in [0.25, 0.3) is 0 Å². The Morgan fingerprint density at radius 3 is 2.12 bits per heavy atom. The summed E-state index contributed by atoms with van der Waals surface area (Å²) in [5, 5.41) is 3.90. The zero-order valence-electron chi connectivity index (χ0n) is 17.4. The molecule has 0 bridgehead atoms. The molecule has 168 valence electrons. The number of amides is 1. The van der Waals surface area contributed by atoms with E-state index in [1.807, 2.05) is 32.0 Å². The van der Waals surface area contributed by atoms with E-state index in [4.69, 9.17) is 34.8 Å². The second-order valence-electron chi connectivity index (χ2n) is 7.29. The highest BCUT2D eigenvalue weighted by atomic mass is 35.5. The number of para-hydroxylation sites is 1. The summed E-state index contributed by atoms with van der Waals surface area (Å²) in [5.74, 6) is -0.458. The molecule has 0 aromatic heterocycles. The van der Waals surface area contributed by atoms with Crippen LogP contribution in [0.5, 0.6) is 0 Å². The maximum atomic E-state index is 13.4. The Kier molecular flexibility index (Phi) is 7.85. The van der Waals surface area contributed by atoms with Crippen LogP contribution in [-0.4, -0.2) is 25.2 Å². The topological polar surface area (TPSA) is 66.5 Å². The van der Waals surface area contributed by atoms with Crippen molar-refractivity contribution in [2.75, 3.05) is 11.9 Å². The average Bonchev–Trinajstić information content (AvgIpc) is 2.73. The summed E-state index contributed by atoms with van der Waals surface area (Å²) >= 11 is 18.0. The summed E-state index contributed by atoms with van der Waals surface area (Å²) < 4.78 is 27.8. The fraction of sp³-hybridized carbons (Fsp3) is 0.174. The molecule has 0 saturated carbocycles. The van der Waals surface area contributed by atoms with Gasteiger partial charge in [0.05, 0.1) is 21.5 Å². The summed E-state index contributed by atoms with van der Waals surface area (Å²) in [6.45, 7) is 3.29. The largest absolute Gasteiger partial charge is 0.324 e. The Balaban J connectivity index is 1.93. The van der Waals surface area contributed by atoms with Crippen LogP contribution in [0, 0.1) is 13.8 Å². The first-order chi connectivity index (χ1) is 15.1. The van der Waals surface area contributed by atoms with Crippen LogP contribution in [0.3, 0.4) is 0 Å². The summed E-state index contributed by atoms with van der Waals surface area (Å²) in [4.78, 5) is 12.9. The van der Waals surface area contributed by atoms with Crippen LogP contribution in [0.2, 0.25) is 15.1 Å². The van der Waals surface area contributed by atoms with Gasteiger partial charge in [-0.2, -0.15) is 4.31 Å². The number of aryl methyl sites for hydroxylation is 2. The lowest BCUT2D eigenvalue weighted by Crippen LogP contribution is -2.37. The Labute approximate surface area is 203 Å². The first kappa shape index (κ1) is 24.6. The Bertz CT molecular complexity index is 1230. The molecule has 0 aliphatic carbocycles. The van der Waals surface area contributed by atoms with Crippen LogP contribution in [-0.2, 0) is 21.4 Å². The minimum atomic E-state index is -4.01. The number of hydrogen-bond acceptors (Lipinski definition) is 3. The Morgan fingerprint density at radius 1 is 0.906 bits per heavy atom. The van der Waals surface area contributed by atoms with E-state index in [1.165, 1.54) is 24.3 Å². The Morgan fingerprint density at radius 2 is 1.53 bits per heavy atom. The van der Waals surface area contributed by atoms with Crippen LogP contribution in [0.4, 0.5) is 5.69 Å². The van der Waals surface area contributed by atoms with Gasteiger partial charge in [0.2, 0.25) is 15.9 Å². The van der Waals surface area contributed by atoms with Crippen molar-refractivity contribution in [2.24, 2.45) is 0 Å². The van der Waals surface area contributed by atoms with E-state index in [2.05, 4.69) is 5.32 Å². The molecule has 1 amide bonds. The number of carbonyl (C=O) groups excluding carboxylic acids is 1. The molecule has 3 aromatic rings. The average molecular weight is 512 g/mol. The molecule has 9 heteroatoms. The SMILES string of the molecule is Cc1cccc(C)c1NC(=O)CN(Cc1ccc(Cl)c(Cl)c1)S(=O)(=O)c1ccc(Cl)cc1. The van der Waals surface area contributed by atoms with Gasteiger partial charge < -0.3 is 5.32 Å². The molecule has 0 atom stereocenters. The number of carbonyl (C=O) groups is 1. The van der Waals surface area contributed by atoms with E-state index in [0.717, 1.165) is 15.4 Å². The zero-order valence-corrected chi connectivity index (χ0v) is 20.5. The molecule has 0 aliphatic rings. The van der Waals surface area contributed by atoms with Gasteiger partial charge in [0.1, 0.15) is 0 Å². The summed E-state index contributed by atoms with van der Waals surface area (Å²) in [5.41, 5.74) is 3.03. The van der Waals surface area contributed by atoms with E-state index in [1.54, 1.807) is 18.2 Å². The van der Waals surface area contributed by atoms with Gasteiger partial charge in [-0.1, -0.05) is 59.1 Å². The lowest BCUT2D eigenvalue weighted by molar-refractivity contribution is -0.116. The van der Waals surface area contributed by atoms with E-state index in [-0.39, 0.29) is 18.0 Å². The van der Waals surface area contributed by atoms with Crippen molar-refractivity contribution in [3.8, 4) is 0 Å². The van der Waals surface area contributed by atoms with E-state index in [9.17, 15) is 13.2 Å². The van der Waals surface area contributed by atoms with Gasteiger partial charge in [0, 0.05) is 17.3 Å². The van der Waals surface area contributed by atoms with Gasteiger partial charge in [-0.25, -0.2) is 8.42 Å². The third kappa shape index (κ3) is 5.82. The third-order valence-corrected chi connectivity index (χ3v) is 7.66. The van der Waals surface area contributed by atoms with Gasteiger partial charge in [0.15, 0.2) is 0 Å². The standard InChI is InChI=1S/C23H21Cl3N2O3S/c1-15-4-3-5-16(2)23(15)27-22(29)14-28(13-17-6-11-20(25)21(26)12-17)32(30,31)19-9-7-18(24)8-10-19/h3-12H,13-14H2,1-2H3,(H,27,29). The molecular weight excluding hydrogens is 491 g/mol. The van der Waals surface area contributed by atoms with Crippen molar-refractivity contribution in [1.29, 1.82) is 0 Å². The molecule has 0 heterocycles. The van der Waals surface area contributed by atoms with Gasteiger partial charge >= 0.3 is 0 Å². The maximum Gasteiger partial charge on any atom is 0.243 e. The molecule has 0 saturated heterocycles. The lowest BCUT2D eigenvalue weighted by Gasteiger charge is -2.23. The first-order valence-corrected chi connectivity index (χ1v) is 12.2. The number of anilines is 1. The molecule has 0 aliphatic heterocycles. The smallest absolute Gasteiger partial charge is 0.243 e. The quantitative estimate of drug-likeness (QED) is 0.417. The third-order valence-electron chi connectivity index (χ3n) is 4.86. The molecular formula is C23H21Cl3N2O3S. The molecule has 0 radical (unpaired) electrons. The van der Waals surface area contributed by atoms with Crippen molar-refractivity contribution in [2.45, 2.75) is 25.3 Å². The van der Waals surface area contributed by atoms with E-state index in [0.29, 0.717) is 26.3 Å². The minimum absolute atomic E-state index is 0.0295. The van der Waals surface area contributed by atoms with Crippen molar-refractivity contribution >= 4 is 56.4 Å². The molecule has 3 rings (SSSR count). The van der Waals surface area contributed by atoms with Crippen molar-refractivity contribution in [3.05, 3.63) is 92.4 Å². The maximum absolute atomic E-state index is 13.4. The predicted octanol–water partition coefficient (Wildman–Crippen LogP) is 6.09. The monoisotopic (exact) mass is 510 g/mol. The highest BCUT2D eigenvalue weighted by molar-refractivity contribution is 7.89. The highest BCUT2D eigenvalue weighted by Gasteiger charge is 2.27. The van der Waals surface area contributed by atoms with Crippen molar-refractivity contribution in [3.63, 3.8) is 0 Å². The number of nitrogens with one attached hydrogen (secondary N) is 1. The van der Waals surface area contributed by atoms with Crippen LogP contribution in [0.25, 0.3) is 0 Å². The van der Waals surface area contributed by atoms with Crippen molar-refractivity contribution in [1.82, 2.24) is 4.31 Å². The molecule has 0 fully saturated rings. The minimum Gasteiger partial charge on any atom is -0.324 e. The number of rotatable bonds is 7. The van der Waals surface area contributed by atoms with Crippen molar-refractivity contribution < 1.29 is 13.2 Å². The van der Waals surface area contributed by atoms with Gasteiger partial charge in [-0.3, -0.25) is 4.79 Å². The van der Waals surface area contributed by atoms with Crippen LogP contribution in [0.15, 0.2) is 65.6 Å². The molecule has 3 aromatic carbocycles. The lowest BCUT2D eigenvalue weighted by atomic mass is 10.1. The fourth-order valence-electron chi connectivity index (χ4n) is 3.17. The second-order valence-corrected chi connectivity index (χ2v) is 10.5. The fourth-order valence-corrected chi connectivity index (χ4v) is 5.00. The second kappa shape index (κ2) is 10.2. The summed E-state index contributed by atoms with van der Waals surface area (Å²) in [6.07, 6.45) is 0. The van der Waals surface area contributed by atoms with Crippen LogP contribution >= 0.6 is 34.8 Å². The van der Waals surface area contributed by atoms with E-state index < -0.39 is 15.9 Å². The number of halogens is 3. The highest BCUT2D eigenvalue weighted by Crippen LogP contribution is 2.26. The molecule has 1 N–H and O–H groups in total. The summed E-state index contributed by atoms with van der Waals surface area (Å²) in [6, 6.07) is 16.3. The van der Waals surface area contributed by atoms with Gasteiger partial charge in [-0.15, -0.1) is 0 Å². The number of nitrogens with zero attached hydrogens (tertiary/aromatic N) is 1. The molecule has 0 unspecified atom stereocenters. The van der Waals surface area contributed by atoms with Gasteiger partial charge in [-0.05, 0) is 66.9 Å². The Hall–Kier alpha value is -2.09. The van der Waals surface area contributed by atoms with Crippen LogP contribution in [0.1, 0.15) is 16.7 Å². The van der Waals surface area contributed by atoms with Crippen LogP contribution < -0.4 is 5.32 Å².